The van der Waals surface area contributed by atoms with Crippen molar-refractivity contribution in [2.45, 2.75) is 13.2 Å². The van der Waals surface area contributed by atoms with Gasteiger partial charge in [0.15, 0.2) is 5.69 Å². The van der Waals surface area contributed by atoms with Crippen LogP contribution in [0.4, 0.5) is 14.5 Å². The Hall–Kier alpha value is -2.71. The molecular weight excluding hydrogens is 286 g/mol. The normalized spacial score (nSPS) is 10.6. The fourth-order valence-corrected chi connectivity index (χ4v) is 1.62. The molecule has 2 N–H and O–H groups in total. The molecular formula is C12H12F2N4O3. The van der Waals surface area contributed by atoms with E-state index in [2.05, 4.69) is 20.4 Å². The van der Waals surface area contributed by atoms with E-state index in [-0.39, 0.29) is 11.4 Å². The summed E-state index contributed by atoms with van der Waals surface area (Å²) in [5.41, 5.74) is 0.257. The summed E-state index contributed by atoms with van der Waals surface area (Å²) in [4.78, 5) is 10.6. The highest BCUT2D eigenvalue weighted by Crippen LogP contribution is 2.25. The Morgan fingerprint density at radius 1 is 1.43 bits per heavy atom. The molecule has 21 heavy (non-hydrogen) atoms. The van der Waals surface area contributed by atoms with E-state index in [1.807, 2.05) is 0 Å². The first-order chi connectivity index (χ1) is 10.1. The van der Waals surface area contributed by atoms with Gasteiger partial charge in [0.05, 0.1) is 18.4 Å². The largest absolute Gasteiger partial charge is 0.476 e. The molecule has 0 aliphatic rings. The van der Waals surface area contributed by atoms with Gasteiger partial charge in [-0.3, -0.25) is 0 Å². The number of hydrogen-bond donors (Lipinski definition) is 2. The van der Waals surface area contributed by atoms with Crippen LogP contribution in [0.2, 0.25) is 0 Å². The minimum Gasteiger partial charge on any atom is -0.476 e. The monoisotopic (exact) mass is 298 g/mol. The molecule has 0 saturated carbocycles. The average Bonchev–Trinajstić information content (AvgIpc) is 2.89. The highest BCUT2D eigenvalue weighted by molar-refractivity contribution is 5.84. The number of halogens is 2. The van der Waals surface area contributed by atoms with E-state index in [4.69, 9.17) is 5.11 Å². The Labute approximate surface area is 118 Å². The van der Waals surface area contributed by atoms with Gasteiger partial charge in [-0.1, -0.05) is 17.3 Å². The van der Waals surface area contributed by atoms with Gasteiger partial charge >= 0.3 is 12.6 Å². The Balaban J connectivity index is 1.92. The van der Waals surface area contributed by atoms with Crippen molar-refractivity contribution >= 4 is 11.7 Å². The van der Waals surface area contributed by atoms with Gasteiger partial charge in [0.2, 0.25) is 0 Å². The molecule has 7 nitrogen and oxygen atoms in total. The predicted octanol–water partition coefficient (Wildman–Crippen LogP) is 1.69. The molecule has 0 spiro atoms. The standard InChI is InChI=1S/C12H12F2N4O3/c13-12(14)21-10-4-2-1-3-8(10)15-5-6-18-7-9(11(19)20)16-17-18/h1-4,7,12,15H,5-6H2,(H,19,20). The van der Waals surface area contributed by atoms with Crippen molar-refractivity contribution in [3.63, 3.8) is 0 Å². The first-order valence-electron chi connectivity index (χ1n) is 5.97. The van der Waals surface area contributed by atoms with E-state index < -0.39 is 12.6 Å². The molecule has 1 aromatic carbocycles. The smallest absolute Gasteiger partial charge is 0.387 e. The number of nitrogens with zero attached hydrogens (tertiary/aromatic N) is 3. The molecule has 2 aromatic rings. The summed E-state index contributed by atoms with van der Waals surface area (Å²) in [6.45, 7) is -2.24. The fraction of sp³-hybridized carbons (Fsp3) is 0.250. The molecule has 112 valence electrons. The lowest BCUT2D eigenvalue weighted by Gasteiger charge is -2.12. The number of nitrogens with one attached hydrogen (secondary N) is 1. The third-order valence-electron chi connectivity index (χ3n) is 2.52. The van der Waals surface area contributed by atoms with Crippen LogP contribution in [-0.4, -0.2) is 39.2 Å². The van der Waals surface area contributed by atoms with Crippen LogP contribution in [0.5, 0.6) is 5.75 Å². The summed E-state index contributed by atoms with van der Waals surface area (Å²) in [5, 5.41) is 18.7. The molecule has 0 aliphatic heterocycles. The second-order valence-electron chi connectivity index (χ2n) is 3.97. The number of carboxylic acids is 1. The van der Waals surface area contributed by atoms with Crippen LogP contribution in [0.25, 0.3) is 0 Å². The second kappa shape index (κ2) is 6.64. The number of carboxylic acid groups (broad SMARTS) is 1. The second-order valence-corrected chi connectivity index (χ2v) is 3.97. The number of hydrogen-bond acceptors (Lipinski definition) is 5. The molecule has 0 fully saturated rings. The lowest BCUT2D eigenvalue weighted by molar-refractivity contribution is -0.0493. The number of aromatic nitrogens is 3. The van der Waals surface area contributed by atoms with Crippen molar-refractivity contribution in [1.82, 2.24) is 15.0 Å². The van der Waals surface area contributed by atoms with E-state index in [0.717, 1.165) is 0 Å². The van der Waals surface area contributed by atoms with Crippen LogP contribution in [0.15, 0.2) is 30.5 Å². The van der Waals surface area contributed by atoms with Crippen molar-refractivity contribution in [3.05, 3.63) is 36.2 Å². The Morgan fingerprint density at radius 3 is 2.86 bits per heavy atom. The molecule has 0 unspecified atom stereocenters. The van der Waals surface area contributed by atoms with Gasteiger partial charge in [-0.05, 0) is 12.1 Å². The van der Waals surface area contributed by atoms with Gasteiger partial charge in [-0.15, -0.1) is 5.10 Å². The maximum atomic E-state index is 12.2. The zero-order valence-electron chi connectivity index (χ0n) is 10.7. The molecule has 0 radical (unpaired) electrons. The van der Waals surface area contributed by atoms with Gasteiger partial charge in [0, 0.05) is 6.54 Å². The predicted molar refractivity (Wildman–Crippen MR) is 68.5 cm³/mol. The zero-order chi connectivity index (χ0) is 15.2. The molecule has 0 bridgehead atoms. The third kappa shape index (κ3) is 4.13. The van der Waals surface area contributed by atoms with E-state index in [1.54, 1.807) is 18.2 Å². The minimum atomic E-state index is -2.90. The molecule has 0 saturated heterocycles. The van der Waals surface area contributed by atoms with Gasteiger partial charge in [-0.2, -0.15) is 8.78 Å². The lowest BCUT2D eigenvalue weighted by Crippen LogP contribution is -2.12. The maximum absolute atomic E-state index is 12.2. The first-order valence-corrected chi connectivity index (χ1v) is 5.97. The quantitative estimate of drug-likeness (QED) is 0.808. The summed E-state index contributed by atoms with van der Waals surface area (Å²) in [7, 11) is 0. The van der Waals surface area contributed by atoms with E-state index >= 15 is 0 Å². The molecule has 0 amide bonds. The van der Waals surface area contributed by atoms with Crippen LogP contribution in [0.3, 0.4) is 0 Å². The molecule has 0 aliphatic carbocycles. The van der Waals surface area contributed by atoms with Crippen molar-refractivity contribution < 1.29 is 23.4 Å². The fourth-order valence-electron chi connectivity index (χ4n) is 1.62. The SMILES string of the molecule is O=C(O)c1cn(CCNc2ccccc2OC(F)F)nn1. The van der Waals surface area contributed by atoms with Crippen LogP contribution in [-0.2, 0) is 6.54 Å². The Morgan fingerprint density at radius 2 is 2.19 bits per heavy atom. The van der Waals surface area contributed by atoms with E-state index in [0.29, 0.717) is 18.8 Å². The van der Waals surface area contributed by atoms with Crippen LogP contribution in [0.1, 0.15) is 10.5 Å². The third-order valence-corrected chi connectivity index (χ3v) is 2.52. The van der Waals surface area contributed by atoms with Gasteiger partial charge < -0.3 is 15.2 Å². The lowest BCUT2D eigenvalue weighted by atomic mass is 10.3. The van der Waals surface area contributed by atoms with Crippen molar-refractivity contribution in [2.24, 2.45) is 0 Å². The van der Waals surface area contributed by atoms with Gasteiger partial charge in [0.1, 0.15) is 5.75 Å². The molecule has 2 rings (SSSR count). The number of aromatic carboxylic acids is 1. The van der Waals surface area contributed by atoms with Crippen LogP contribution in [0, 0.1) is 0 Å². The molecule has 1 heterocycles. The van der Waals surface area contributed by atoms with Crippen molar-refractivity contribution in [1.29, 1.82) is 0 Å². The summed E-state index contributed by atoms with van der Waals surface area (Å²) < 4.78 is 30.2. The number of carbonyl (C=O) groups is 1. The van der Waals surface area contributed by atoms with Gasteiger partial charge in [0.25, 0.3) is 0 Å². The van der Waals surface area contributed by atoms with Crippen LogP contribution >= 0.6 is 0 Å². The summed E-state index contributed by atoms with van der Waals surface area (Å²) in [6, 6.07) is 6.28. The maximum Gasteiger partial charge on any atom is 0.387 e. The van der Waals surface area contributed by atoms with Crippen molar-refractivity contribution in [2.75, 3.05) is 11.9 Å². The minimum absolute atomic E-state index is 0.0392. The number of anilines is 1. The Bertz CT molecular complexity index is 618. The number of alkyl halides is 2. The van der Waals surface area contributed by atoms with Crippen molar-refractivity contribution in [3.8, 4) is 5.75 Å². The summed E-state index contributed by atoms with van der Waals surface area (Å²) in [5.74, 6) is -1.12. The topological polar surface area (TPSA) is 89.3 Å². The van der Waals surface area contributed by atoms with Crippen LogP contribution < -0.4 is 10.1 Å². The average molecular weight is 298 g/mol. The number of benzene rings is 1. The number of ether oxygens (including phenoxy) is 1. The first kappa shape index (κ1) is 14.7. The van der Waals surface area contributed by atoms with E-state index in [9.17, 15) is 13.6 Å². The van der Waals surface area contributed by atoms with Gasteiger partial charge in [-0.25, -0.2) is 9.48 Å². The molecule has 9 heteroatoms. The number of rotatable bonds is 7. The zero-order valence-corrected chi connectivity index (χ0v) is 10.7. The summed E-state index contributed by atoms with van der Waals surface area (Å²) >= 11 is 0. The molecule has 1 aromatic heterocycles. The highest BCUT2D eigenvalue weighted by atomic mass is 19.3. The Kier molecular flexibility index (Phi) is 4.64. The number of para-hydroxylation sites is 2. The highest BCUT2D eigenvalue weighted by Gasteiger charge is 2.10. The molecule has 0 atom stereocenters. The summed E-state index contributed by atoms with van der Waals surface area (Å²) in [6.07, 6.45) is 1.28. The van der Waals surface area contributed by atoms with E-state index in [1.165, 1.54) is 16.9 Å².